The van der Waals surface area contributed by atoms with Gasteiger partial charge in [0.05, 0.1) is 11.1 Å². The van der Waals surface area contributed by atoms with Crippen LogP contribution in [0.15, 0.2) is 28.7 Å². The Morgan fingerprint density at radius 2 is 2.28 bits per heavy atom. The van der Waals surface area contributed by atoms with Gasteiger partial charge in [-0.25, -0.2) is 4.79 Å². The Balaban J connectivity index is 1.93. The standard InChI is InChI=1S/C14H15BrO3/c15-12-9-11(4-6-14(16)17)3-5-13(12)18-8-7-10-1-2-10/h3-6,9-10H,1-2,7-8H2,(H,16,17). The van der Waals surface area contributed by atoms with Gasteiger partial charge in [0.25, 0.3) is 0 Å². The van der Waals surface area contributed by atoms with Crippen molar-refractivity contribution < 1.29 is 14.6 Å². The Kier molecular flexibility index (Phi) is 4.42. The lowest BCUT2D eigenvalue weighted by Crippen LogP contribution is -1.98. The number of carbonyl (C=O) groups is 1. The third kappa shape index (κ3) is 4.18. The lowest BCUT2D eigenvalue weighted by Gasteiger charge is -2.08. The fraction of sp³-hybridized carbons (Fsp3) is 0.357. The molecule has 1 aliphatic rings. The lowest BCUT2D eigenvalue weighted by atomic mass is 10.2. The Hall–Kier alpha value is -1.29. The van der Waals surface area contributed by atoms with Crippen molar-refractivity contribution in [2.45, 2.75) is 19.3 Å². The molecule has 0 heterocycles. The molecule has 0 atom stereocenters. The maximum atomic E-state index is 10.4. The first-order valence-corrected chi connectivity index (χ1v) is 6.78. The van der Waals surface area contributed by atoms with E-state index >= 15 is 0 Å². The van der Waals surface area contributed by atoms with E-state index in [2.05, 4.69) is 15.9 Å². The van der Waals surface area contributed by atoms with Gasteiger partial charge >= 0.3 is 5.97 Å². The minimum Gasteiger partial charge on any atom is -0.492 e. The quantitative estimate of drug-likeness (QED) is 0.814. The first kappa shape index (κ1) is 13.1. The van der Waals surface area contributed by atoms with E-state index in [-0.39, 0.29) is 0 Å². The molecule has 0 aromatic heterocycles. The zero-order valence-electron chi connectivity index (χ0n) is 9.93. The minimum atomic E-state index is -0.948. The maximum absolute atomic E-state index is 10.4. The summed E-state index contributed by atoms with van der Waals surface area (Å²) >= 11 is 3.43. The second-order valence-corrected chi connectivity index (χ2v) is 5.30. The Bertz CT molecular complexity index is 464. The molecule has 18 heavy (non-hydrogen) atoms. The number of ether oxygens (including phenoxy) is 1. The van der Waals surface area contributed by atoms with E-state index in [1.807, 2.05) is 18.2 Å². The molecule has 0 aliphatic heterocycles. The Morgan fingerprint density at radius 3 is 2.89 bits per heavy atom. The number of benzene rings is 1. The third-order valence-electron chi connectivity index (χ3n) is 2.85. The van der Waals surface area contributed by atoms with Crippen molar-refractivity contribution in [2.24, 2.45) is 5.92 Å². The van der Waals surface area contributed by atoms with Crippen LogP contribution in [0.25, 0.3) is 6.08 Å². The number of carboxylic acid groups (broad SMARTS) is 1. The maximum Gasteiger partial charge on any atom is 0.328 e. The highest BCUT2D eigenvalue weighted by molar-refractivity contribution is 9.10. The van der Waals surface area contributed by atoms with Crippen molar-refractivity contribution in [3.63, 3.8) is 0 Å². The molecule has 96 valence electrons. The molecule has 0 unspecified atom stereocenters. The van der Waals surface area contributed by atoms with E-state index in [9.17, 15) is 4.79 Å². The number of hydrogen-bond donors (Lipinski definition) is 1. The van der Waals surface area contributed by atoms with E-state index in [0.717, 1.165) is 40.8 Å². The van der Waals surface area contributed by atoms with Crippen LogP contribution >= 0.6 is 15.9 Å². The van der Waals surface area contributed by atoms with E-state index in [0.29, 0.717) is 0 Å². The van der Waals surface area contributed by atoms with Crippen molar-refractivity contribution >= 4 is 28.0 Å². The van der Waals surface area contributed by atoms with Crippen LogP contribution in [0.4, 0.5) is 0 Å². The summed E-state index contributed by atoms with van der Waals surface area (Å²) in [5.41, 5.74) is 0.832. The number of carboxylic acids is 1. The Labute approximate surface area is 115 Å². The van der Waals surface area contributed by atoms with Gasteiger partial charge in [0.2, 0.25) is 0 Å². The molecule has 1 saturated carbocycles. The van der Waals surface area contributed by atoms with Gasteiger partial charge in [-0.1, -0.05) is 18.9 Å². The summed E-state index contributed by atoms with van der Waals surface area (Å²) in [4.78, 5) is 10.4. The molecule has 1 aromatic rings. The molecule has 0 amide bonds. The van der Waals surface area contributed by atoms with E-state index in [4.69, 9.17) is 9.84 Å². The number of halogens is 1. The van der Waals surface area contributed by atoms with E-state index in [1.54, 1.807) is 6.08 Å². The monoisotopic (exact) mass is 310 g/mol. The highest BCUT2D eigenvalue weighted by Crippen LogP contribution is 2.33. The summed E-state index contributed by atoms with van der Waals surface area (Å²) < 4.78 is 6.53. The number of hydrogen-bond acceptors (Lipinski definition) is 2. The highest BCUT2D eigenvalue weighted by atomic mass is 79.9. The zero-order valence-corrected chi connectivity index (χ0v) is 11.5. The van der Waals surface area contributed by atoms with Crippen molar-refractivity contribution in [3.8, 4) is 5.75 Å². The topological polar surface area (TPSA) is 46.5 Å². The molecule has 1 aromatic carbocycles. The van der Waals surface area contributed by atoms with Crippen LogP contribution in [0, 0.1) is 5.92 Å². The summed E-state index contributed by atoms with van der Waals surface area (Å²) in [5, 5.41) is 8.55. The lowest BCUT2D eigenvalue weighted by molar-refractivity contribution is -0.131. The van der Waals surface area contributed by atoms with E-state index in [1.165, 1.54) is 12.8 Å². The van der Waals surface area contributed by atoms with Crippen molar-refractivity contribution in [1.29, 1.82) is 0 Å². The van der Waals surface area contributed by atoms with Crippen molar-refractivity contribution in [1.82, 2.24) is 0 Å². The SMILES string of the molecule is O=C(O)C=Cc1ccc(OCCC2CC2)c(Br)c1. The van der Waals surface area contributed by atoms with Crippen LogP contribution in [-0.4, -0.2) is 17.7 Å². The molecule has 1 aliphatic carbocycles. The first-order valence-electron chi connectivity index (χ1n) is 5.98. The smallest absolute Gasteiger partial charge is 0.328 e. The van der Waals surface area contributed by atoms with Gasteiger partial charge in [0.15, 0.2) is 0 Å². The average molecular weight is 311 g/mol. The van der Waals surface area contributed by atoms with Gasteiger partial charge in [0.1, 0.15) is 5.75 Å². The molecular weight excluding hydrogens is 296 g/mol. The van der Waals surface area contributed by atoms with Crippen molar-refractivity contribution in [2.75, 3.05) is 6.61 Å². The van der Waals surface area contributed by atoms with Gasteiger partial charge in [-0.2, -0.15) is 0 Å². The molecule has 0 bridgehead atoms. The molecule has 1 fully saturated rings. The van der Waals surface area contributed by atoms with Gasteiger partial charge in [-0.05, 0) is 52.0 Å². The third-order valence-corrected chi connectivity index (χ3v) is 3.47. The zero-order chi connectivity index (χ0) is 13.0. The molecular formula is C14H15BrO3. The second-order valence-electron chi connectivity index (χ2n) is 4.44. The summed E-state index contributed by atoms with van der Waals surface area (Å²) in [6, 6.07) is 5.56. The summed E-state index contributed by atoms with van der Waals surface area (Å²) in [6.45, 7) is 0.744. The van der Waals surface area contributed by atoms with Gasteiger partial charge in [-0.15, -0.1) is 0 Å². The normalized spacial score (nSPS) is 14.9. The fourth-order valence-corrected chi connectivity index (χ4v) is 2.16. The molecule has 1 N–H and O–H groups in total. The van der Waals surface area contributed by atoms with Gasteiger partial charge < -0.3 is 9.84 Å². The van der Waals surface area contributed by atoms with Crippen LogP contribution in [0.2, 0.25) is 0 Å². The first-order chi connectivity index (χ1) is 8.65. The van der Waals surface area contributed by atoms with Crippen LogP contribution in [0.5, 0.6) is 5.75 Å². The molecule has 3 nitrogen and oxygen atoms in total. The average Bonchev–Trinajstić information content (AvgIpc) is 3.13. The van der Waals surface area contributed by atoms with Crippen molar-refractivity contribution in [3.05, 3.63) is 34.3 Å². The molecule has 4 heteroatoms. The number of aliphatic carboxylic acids is 1. The predicted molar refractivity (Wildman–Crippen MR) is 73.6 cm³/mol. The fourth-order valence-electron chi connectivity index (χ4n) is 1.65. The minimum absolute atomic E-state index is 0.744. The van der Waals surface area contributed by atoms with Crippen LogP contribution < -0.4 is 4.74 Å². The van der Waals surface area contributed by atoms with Gasteiger partial charge in [0, 0.05) is 6.08 Å². The number of rotatable bonds is 6. The largest absolute Gasteiger partial charge is 0.492 e. The van der Waals surface area contributed by atoms with Crippen LogP contribution in [0.1, 0.15) is 24.8 Å². The van der Waals surface area contributed by atoms with E-state index < -0.39 is 5.97 Å². The molecule has 0 radical (unpaired) electrons. The molecule has 2 rings (SSSR count). The summed E-state index contributed by atoms with van der Waals surface area (Å²) in [7, 11) is 0. The predicted octanol–water partition coefficient (Wildman–Crippen LogP) is 3.73. The van der Waals surface area contributed by atoms with Crippen LogP contribution in [0.3, 0.4) is 0 Å². The second kappa shape index (κ2) is 6.05. The van der Waals surface area contributed by atoms with Gasteiger partial charge in [-0.3, -0.25) is 0 Å². The Morgan fingerprint density at radius 1 is 1.50 bits per heavy atom. The summed E-state index contributed by atoms with van der Waals surface area (Å²) in [6.07, 6.45) is 6.47. The molecule has 0 spiro atoms. The molecule has 0 saturated heterocycles. The summed E-state index contributed by atoms with van der Waals surface area (Å²) in [5.74, 6) is 0.723. The highest BCUT2D eigenvalue weighted by Gasteiger charge is 2.20. The van der Waals surface area contributed by atoms with Crippen LogP contribution in [-0.2, 0) is 4.79 Å².